The molecule has 0 radical (unpaired) electrons. The van der Waals surface area contributed by atoms with Crippen LogP contribution >= 0.6 is 0 Å². The zero-order valence-electron chi connectivity index (χ0n) is 17.4. The quantitative estimate of drug-likeness (QED) is 0.784. The molecule has 29 heavy (non-hydrogen) atoms. The smallest absolute Gasteiger partial charge is 0.267 e. The van der Waals surface area contributed by atoms with Crippen LogP contribution in [0.5, 0.6) is 0 Å². The Bertz CT molecular complexity index is 961. The molecule has 0 saturated carbocycles. The van der Waals surface area contributed by atoms with Crippen LogP contribution < -0.4 is 10.5 Å². The molecule has 2 aromatic heterocycles. The number of aromatic nitrogens is 4. The number of nitrogens with zero attached hydrogens (tertiary/aromatic N) is 6. The van der Waals surface area contributed by atoms with Gasteiger partial charge in [0.15, 0.2) is 0 Å². The van der Waals surface area contributed by atoms with Crippen molar-refractivity contribution in [1.82, 2.24) is 24.6 Å². The molecule has 0 atom stereocenters. The fraction of sp³-hybridized carbons (Fsp3) is 0.636. The van der Waals surface area contributed by atoms with E-state index in [2.05, 4.69) is 19.9 Å². The molecule has 0 N–H and O–H groups in total. The van der Waals surface area contributed by atoms with Gasteiger partial charge in [0.2, 0.25) is 0 Å². The second kappa shape index (κ2) is 7.86. The Morgan fingerprint density at radius 2 is 1.69 bits per heavy atom. The van der Waals surface area contributed by atoms with Crippen LogP contribution in [0.1, 0.15) is 47.6 Å². The molecule has 1 fully saturated rings. The molecule has 3 heterocycles. The molecule has 0 spiro atoms. The number of hydrogen-bond acceptors (Lipinski definition) is 6. The van der Waals surface area contributed by atoms with Crippen LogP contribution in [0.15, 0.2) is 10.9 Å². The number of aryl methyl sites for hydroxylation is 4. The number of rotatable bonds is 4. The van der Waals surface area contributed by atoms with E-state index in [-0.39, 0.29) is 5.56 Å². The lowest BCUT2D eigenvalue weighted by molar-refractivity contribution is 0.241. The van der Waals surface area contributed by atoms with Crippen molar-refractivity contribution in [3.05, 3.63) is 44.8 Å². The highest BCUT2D eigenvalue weighted by atomic mass is 16.1. The standard InChI is InChI=1S/C22H30N6O/c1-16-23-20-8-4-6-18(20)22(24-16)27-12-9-26(10-13-27)11-14-28-21(29)15-17-5-2-3-7-19(17)25-28/h15H,2-14H2,1H3. The van der Waals surface area contributed by atoms with Gasteiger partial charge >= 0.3 is 0 Å². The first-order valence-corrected chi connectivity index (χ1v) is 11.1. The predicted molar refractivity (Wildman–Crippen MR) is 113 cm³/mol. The van der Waals surface area contributed by atoms with E-state index in [4.69, 9.17) is 4.98 Å². The van der Waals surface area contributed by atoms with Gasteiger partial charge in [0.25, 0.3) is 5.56 Å². The molecule has 5 rings (SSSR count). The van der Waals surface area contributed by atoms with E-state index in [1.165, 1.54) is 36.1 Å². The molecule has 154 valence electrons. The van der Waals surface area contributed by atoms with Gasteiger partial charge in [0.1, 0.15) is 11.6 Å². The second-order valence-corrected chi connectivity index (χ2v) is 8.59. The van der Waals surface area contributed by atoms with Crippen molar-refractivity contribution in [1.29, 1.82) is 0 Å². The lowest BCUT2D eigenvalue weighted by Gasteiger charge is -2.36. The Labute approximate surface area is 171 Å². The summed E-state index contributed by atoms with van der Waals surface area (Å²) in [5, 5.41) is 4.66. The van der Waals surface area contributed by atoms with Crippen molar-refractivity contribution >= 4 is 5.82 Å². The minimum Gasteiger partial charge on any atom is -0.354 e. The third kappa shape index (κ3) is 3.80. The summed E-state index contributed by atoms with van der Waals surface area (Å²) in [4.78, 5) is 26.7. The van der Waals surface area contributed by atoms with Crippen molar-refractivity contribution in [2.45, 2.75) is 58.4 Å². The average molecular weight is 395 g/mol. The summed E-state index contributed by atoms with van der Waals surface area (Å²) in [6.07, 6.45) is 7.78. The van der Waals surface area contributed by atoms with Crippen LogP contribution in [0.4, 0.5) is 5.82 Å². The molecule has 1 aliphatic heterocycles. The first kappa shape index (κ1) is 18.7. The van der Waals surface area contributed by atoms with E-state index in [0.29, 0.717) is 6.54 Å². The fourth-order valence-corrected chi connectivity index (χ4v) is 4.98. The van der Waals surface area contributed by atoms with Crippen LogP contribution in [-0.4, -0.2) is 57.4 Å². The molecule has 0 unspecified atom stereocenters. The molecule has 2 aromatic rings. The molecule has 0 bridgehead atoms. The summed E-state index contributed by atoms with van der Waals surface area (Å²) >= 11 is 0. The van der Waals surface area contributed by atoms with E-state index in [9.17, 15) is 4.79 Å². The number of hydrogen-bond donors (Lipinski definition) is 0. The Hall–Kier alpha value is -2.28. The molecule has 7 heteroatoms. The molecule has 3 aliphatic rings. The maximum absolute atomic E-state index is 12.4. The summed E-state index contributed by atoms with van der Waals surface area (Å²) in [5.74, 6) is 2.05. The molecule has 1 saturated heterocycles. The van der Waals surface area contributed by atoms with Gasteiger partial charge < -0.3 is 4.90 Å². The summed E-state index contributed by atoms with van der Waals surface area (Å²) in [6, 6.07) is 1.82. The molecular formula is C22H30N6O. The topological polar surface area (TPSA) is 67.2 Å². The Balaban J connectivity index is 1.21. The van der Waals surface area contributed by atoms with E-state index in [1.807, 2.05) is 13.0 Å². The largest absolute Gasteiger partial charge is 0.354 e. The van der Waals surface area contributed by atoms with E-state index in [0.717, 1.165) is 75.7 Å². The van der Waals surface area contributed by atoms with Crippen molar-refractivity contribution in [2.75, 3.05) is 37.6 Å². The van der Waals surface area contributed by atoms with Gasteiger partial charge in [-0.25, -0.2) is 14.6 Å². The number of anilines is 1. The lowest BCUT2D eigenvalue weighted by Crippen LogP contribution is -2.48. The maximum Gasteiger partial charge on any atom is 0.267 e. The molecule has 7 nitrogen and oxygen atoms in total. The normalized spacial score (nSPS) is 19.3. The zero-order chi connectivity index (χ0) is 19.8. The van der Waals surface area contributed by atoms with E-state index >= 15 is 0 Å². The summed E-state index contributed by atoms with van der Waals surface area (Å²) in [6.45, 7) is 7.51. The fourth-order valence-electron chi connectivity index (χ4n) is 4.98. The van der Waals surface area contributed by atoms with Gasteiger partial charge in [-0.05, 0) is 57.4 Å². The average Bonchev–Trinajstić information content (AvgIpc) is 3.20. The van der Waals surface area contributed by atoms with Crippen molar-refractivity contribution in [3.8, 4) is 0 Å². The number of piperazine rings is 1. The van der Waals surface area contributed by atoms with Crippen molar-refractivity contribution in [3.63, 3.8) is 0 Å². The van der Waals surface area contributed by atoms with Crippen LogP contribution in [0, 0.1) is 6.92 Å². The third-order valence-electron chi connectivity index (χ3n) is 6.60. The SMILES string of the molecule is Cc1nc2c(c(N3CCN(CCn4nc5c(cc4=O)CCCC5)CC3)n1)CCC2. The monoisotopic (exact) mass is 394 g/mol. The van der Waals surface area contributed by atoms with Gasteiger partial charge in [0, 0.05) is 50.0 Å². The van der Waals surface area contributed by atoms with Gasteiger partial charge in [0.05, 0.1) is 12.2 Å². The second-order valence-electron chi connectivity index (χ2n) is 8.59. The molecule has 2 aliphatic carbocycles. The predicted octanol–water partition coefficient (Wildman–Crippen LogP) is 1.53. The van der Waals surface area contributed by atoms with E-state index < -0.39 is 0 Å². The Morgan fingerprint density at radius 3 is 2.55 bits per heavy atom. The summed E-state index contributed by atoms with van der Waals surface area (Å²) < 4.78 is 1.68. The maximum atomic E-state index is 12.4. The van der Waals surface area contributed by atoms with Crippen LogP contribution in [0.2, 0.25) is 0 Å². The molecule has 0 aromatic carbocycles. The first-order chi connectivity index (χ1) is 14.2. The minimum absolute atomic E-state index is 0.0521. The van der Waals surface area contributed by atoms with Gasteiger partial charge in [-0.3, -0.25) is 9.69 Å². The Morgan fingerprint density at radius 1 is 0.897 bits per heavy atom. The summed E-state index contributed by atoms with van der Waals surface area (Å²) in [7, 11) is 0. The van der Waals surface area contributed by atoms with Crippen LogP contribution in [-0.2, 0) is 32.2 Å². The highest BCUT2D eigenvalue weighted by molar-refractivity contribution is 5.51. The van der Waals surface area contributed by atoms with Crippen molar-refractivity contribution < 1.29 is 0 Å². The van der Waals surface area contributed by atoms with Crippen LogP contribution in [0.3, 0.4) is 0 Å². The minimum atomic E-state index is 0.0521. The first-order valence-electron chi connectivity index (χ1n) is 11.1. The summed E-state index contributed by atoms with van der Waals surface area (Å²) in [5.41, 5.74) is 4.98. The Kier molecular flexibility index (Phi) is 5.08. The van der Waals surface area contributed by atoms with Crippen molar-refractivity contribution in [2.24, 2.45) is 0 Å². The van der Waals surface area contributed by atoms with Gasteiger partial charge in [-0.2, -0.15) is 5.10 Å². The van der Waals surface area contributed by atoms with Gasteiger partial charge in [-0.1, -0.05) is 0 Å². The van der Waals surface area contributed by atoms with E-state index in [1.54, 1.807) is 4.68 Å². The lowest BCUT2D eigenvalue weighted by atomic mass is 9.97. The number of fused-ring (bicyclic) bond motifs is 2. The van der Waals surface area contributed by atoms with Gasteiger partial charge in [-0.15, -0.1) is 0 Å². The highest BCUT2D eigenvalue weighted by Gasteiger charge is 2.25. The molecule has 0 amide bonds. The van der Waals surface area contributed by atoms with Crippen LogP contribution in [0.25, 0.3) is 0 Å². The third-order valence-corrected chi connectivity index (χ3v) is 6.60. The highest BCUT2D eigenvalue weighted by Crippen LogP contribution is 2.29. The zero-order valence-corrected chi connectivity index (χ0v) is 17.4. The molecular weight excluding hydrogens is 364 g/mol.